The Labute approximate surface area is 178 Å². The van der Waals surface area contributed by atoms with E-state index in [1.807, 2.05) is 18.2 Å². The number of hydrogen-bond acceptors (Lipinski definition) is 3. The molecule has 1 unspecified atom stereocenters. The predicted octanol–water partition coefficient (Wildman–Crippen LogP) is 5.25. The van der Waals surface area contributed by atoms with Crippen LogP contribution in [0.4, 0.5) is 4.79 Å². The lowest BCUT2D eigenvalue weighted by molar-refractivity contribution is -0.118. The Hall–Kier alpha value is -3.31. The molecule has 2 heterocycles. The van der Waals surface area contributed by atoms with Gasteiger partial charge in [-0.15, -0.1) is 0 Å². The predicted molar refractivity (Wildman–Crippen MR) is 122 cm³/mol. The molecule has 0 radical (unpaired) electrons. The number of carbonyl (C=O) groups excluding carboxylic acids is 2. The van der Waals surface area contributed by atoms with Gasteiger partial charge < -0.3 is 4.57 Å². The molecule has 4 nitrogen and oxygen atoms in total. The fourth-order valence-corrected chi connectivity index (χ4v) is 4.92. The first kappa shape index (κ1) is 18.7. The van der Waals surface area contributed by atoms with E-state index in [9.17, 15) is 9.59 Å². The lowest BCUT2D eigenvalue weighted by Crippen LogP contribution is -2.25. The van der Waals surface area contributed by atoms with Crippen LogP contribution in [0.2, 0.25) is 0 Å². The van der Waals surface area contributed by atoms with Gasteiger partial charge in [-0.1, -0.05) is 78.5 Å². The van der Waals surface area contributed by atoms with Crippen LogP contribution in [0, 0.1) is 0 Å². The summed E-state index contributed by atoms with van der Waals surface area (Å²) in [6, 6.07) is 27.2. The maximum atomic E-state index is 12.0. The molecule has 4 aromatic rings. The van der Waals surface area contributed by atoms with Crippen LogP contribution in [0.3, 0.4) is 0 Å². The Morgan fingerprint density at radius 2 is 1.60 bits per heavy atom. The molecular weight excluding hydrogens is 392 g/mol. The molecule has 5 heteroatoms. The molecule has 1 aromatic heterocycles. The number of rotatable bonds is 5. The summed E-state index contributed by atoms with van der Waals surface area (Å²) in [6.45, 7) is 0.759. The average molecular weight is 413 g/mol. The summed E-state index contributed by atoms with van der Waals surface area (Å²) in [6.07, 6.45) is 2.65. The summed E-state index contributed by atoms with van der Waals surface area (Å²) in [5, 5.41) is 2.89. The Balaban J connectivity index is 1.48. The number of hydrogen-bond donors (Lipinski definition) is 1. The van der Waals surface area contributed by atoms with Gasteiger partial charge in [-0.3, -0.25) is 14.9 Å². The fourth-order valence-electron chi connectivity index (χ4n) is 4.07. The second-order valence-corrected chi connectivity index (χ2v) is 8.58. The second kappa shape index (κ2) is 7.84. The number of amides is 2. The van der Waals surface area contributed by atoms with Crippen molar-refractivity contribution in [3.05, 3.63) is 96.2 Å². The first-order valence-corrected chi connectivity index (χ1v) is 10.8. The summed E-state index contributed by atoms with van der Waals surface area (Å²) in [5.74, 6) is -0.196. The highest BCUT2D eigenvalue weighted by Gasteiger charge is 2.31. The number of nitrogens with zero attached hydrogens (tertiary/aromatic N) is 1. The third kappa shape index (κ3) is 3.53. The Morgan fingerprint density at radius 3 is 2.40 bits per heavy atom. The minimum Gasteiger partial charge on any atom is -0.343 e. The maximum Gasteiger partial charge on any atom is 0.286 e. The molecule has 3 aromatic carbocycles. The molecule has 2 amide bonds. The summed E-state index contributed by atoms with van der Waals surface area (Å²) in [5.41, 5.74) is 5.91. The van der Waals surface area contributed by atoms with Crippen molar-refractivity contribution in [1.29, 1.82) is 0 Å². The van der Waals surface area contributed by atoms with Gasteiger partial charge >= 0.3 is 0 Å². The molecule has 30 heavy (non-hydrogen) atoms. The molecule has 0 spiro atoms. The van der Waals surface area contributed by atoms with Crippen molar-refractivity contribution in [3.8, 4) is 11.1 Å². The van der Waals surface area contributed by atoms with Gasteiger partial charge in [-0.05, 0) is 40.8 Å². The third-order valence-corrected chi connectivity index (χ3v) is 6.50. The minimum atomic E-state index is -0.356. The molecule has 5 rings (SSSR count). The van der Waals surface area contributed by atoms with E-state index in [1.54, 1.807) is 0 Å². The highest BCUT2D eigenvalue weighted by molar-refractivity contribution is 8.15. The largest absolute Gasteiger partial charge is 0.343 e. The maximum absolute atomic E-state index is 12.0. The van der Waals surface area contributed by atoms with Crippen LogP contribution in [-0.2, 0) is 17.8 Å². The van der Waals surface area contributed by atoms with E-state index in [2.05, 4.69) is 76.7 Å². The number of carbonyl (C=O) groups is 2. The van der Waals surface area contributed by atoms with E-state index >= 15 is 0 Å². The SMILES string of the molecule is O=C1NC(=O)C(Cc2cccc3c2ccn3Cc2ccccc2-c2ccccc2)S1. The molecule has 148 valence electrons. The van der Waals surface area contributed by atoms with Gasteiger partial charge in [0.25, 0.3) is 5.24 Å². The molecule has 0 saturated carbocycles. The molecule has 0 bridgehead atoms. The highest BCUT2D eigenvalue weighted by atomic mass is 32.2. The van der Waals surface area contributed by atoms with Crippen LogP contribution in [0.15, 0.2) is 85.1 Å². The van der Waals surface area contributed by atoms with Crippen molar-refractivity contribution in [2.75, 3.05) is 0 Å². The molecule has 1 fully saturated rings. The average Bonchev–Trinajstić information content (AvgIpc) is 3.32. The molecule has 1 N–H and O–H groups in total. The Morgan fingerprint density at radius 1 is 0.833 bits per heavy atom. The van der Waals surface area contributed by atoms with Crippen molar-refractivity contribution < 1.29 is 9.59 Å². The Kier molecular flexibility index (Phi) is 4.89. The summed E-state index contributed by atoms with van der Waals surface area (Å²) >= 11 is 1.08. The number of thioether (sulfide) groups is 1. The first-order valence-electron chi connectivity index (χ1n) is 9.90. The van der Waals surface area contributed by atoms with Crippen molar-refractivity contribution in [2.45, 2.75) is 18.2 Å². The van der Waals surface area contributed by atoms with Crippen molar-refractivity contribution in [3.63, 3.8) is 0 Å². The number of benzene rings is 3. The molecule has 1 saturated heterocycles. The zero-order valence-corrected chi connectivity index (χ0v) is 17.1. The monoisotopic (exact) mass is 412 g/mol. The van der Waals surface area contributed by atoms with Crippen LogP contribution in [0.25, 0.3) is 22.0 Å². The first-order chi connectivity index (χ1) is 14.7. The van der Waals surface area contributed by atoms with E-state index in [-0.39, 0.29) is 16.4 Å². The number of imide groups is 1. The van der Waals surface area contributed by atoms with Crippen molar-refractivity contribution in [2.24, 2.45) is 0 Å². The van der Waals surface area contributed by atoms with Gasteiger partial charge in [0.15, 0.2) is 0 Å². The fraction of sp³-hybridized carbons (Fsp3) is 0.120. The summed E-state index contributed by atoms with van der Waals surface area (Å²) in [7, 11) is 0. The van der Waals surface area contributed by atoms with Crippen LogP contribution >= 0.6 is 11.8 Å². The van der Waals surface area contributed by atoms with Crippen LogP contribution in [0.1, 0.15) is 11.1 Å². The van der Waals surface area contributed by atoms with Gasteiger partial charge in [-0.2, -0.15) is 0 Å². The highest BCUT2D eigenvalue weighted by Crippen LogP contribution is 2.29. The van der Waals surface area contributed by atoms with E-state index in [1.165, 1.54) is 16.7 Å². The van der Waals surface area contributed by atoms with E-state index in [0.29, 0.717) is 6.42 Å². The zero-order chi connectivity index (χ0) is 20.5. The third-order valence-electron chi connectivity index (χ3n) is 5.52. The lowest BCUT2D eigenvalue weighted by atomic mass is 9.99. The molecular formula is C25H20N2O2S. The second-order valence-electron chi connectivity index (χ2n) is 7.40. The van der Waals surface area contributed by atoms with E-state index in [0.717, 1.165) is 34.8 Å². The van der Waals surface area contributed by atoms with Gasteiger partial charge in [0.05, 0.1) is 5.25 Å². The zero-order valence-electron chi connectivity index (χ0n) is 16.2. The van der Waals surface area contributed by atoms with Gasteiger partial charge in [0.1, 0.15) is 0 Å². The summed E-state index contributed by atoms with van der Waals surface area (Å²) < 4.78 is 2.24. The molecule has 0 aliphatic carbocycles. The van der Waals surface area contributed by atoms with E-state index < -0.39 is 0 Å². The number of nitrogens with one attached hydrogen (secondary N) is 1. The molecule has 1 atom stereocenters. The topological polar surface area (TPSA) is 51.1 Å². The molecule has 1 aliphatic rings. The van der Waals surface area contributed by atoms with Gasteiger partial charge in [-0.25, -0.2) is 0 Å². The van der Waals surface area contributed by atoms with Crippen LogP contribution in [-0.4, -0.2) is 21.0 Å². The summed E-state index contributed by atoms with van der Waals surface area (Å²) in [4.78, 5) is 23.5. The minimum absolute atomic E-state index is 0.196. The van der Waals surface area contributed by atoms with E-state index in [4.69, 9.17) is 0 Å². The smallest absolute Gasteiger partial charge is 0.286 e. The normalized spacial score (nSPS) is 16.2. The van der Waals surface area contributed by atoms with Crippen LogP contribution < -0.4 is 5.32 Å². The molecule has 1 aliphatic heterocycles. The number of fused-ring (bicyclic) bond motifs is 1. The van der Waals surface area contributed by atoms with Gasteiger partial charge in [0, 0.05) is 23.6 Å². The number of aromatic nitrogens is 1. The van der Waals surface area contributed by atoms with Gasteiger partial charge in [0.2, 0.25) is 5.91 Å². The van der Waals surface area contributed by atoms with Crippen molar-refractivity contribution in [1.82, 2.24) is 9.88 Å². The van der Waals surface area contributed by atoms with Crippen LogP contribution in [0.5, 0.6) is 0 Å². The lowest BCUT2D eigenvalue weighted by Gasteiger charge is -2.13. The Bertz CT molecular complexity index is 1250. The quantitative estimate of drug-likeness (QED) is 0.487. The standard InChI is InChI=1S/C25H20N2O2S/c28-24-23(30-25(29)26-24)15-18-10-6-12-22-21(18)13-14-27(22)16-19-9-4-5-11-20(19)17-7-2-1-3-8-17/h1-14,23H,15-16H2,(H,26,28,29). The van der Waals surface area contributed by atoms with Crippen molar-refractivity contribution >= 4 is 33.8 Å².